The predicted octanol–water partition coefficient (Wildman–Crippen LogP) is 2.20. The number of anilines is 1. The Morgan fingerprint density at radius 1 is 1.44 bits per heavy atom. The molecule has 6 nitrogen and oxygen atoms in total. The fraction of sp³-hybridized carbons (Fsp3) is 0.583. The molecule has 0 aromatic carbocycles. The van der Waals surface area contributed by atoms with Gasteiger partial charge >= 0.3 is 0 Å². The molecule has 0 aliphatic carbocycles. The van der Waals surface area contributed by atoms with Gasteiger partial charge in [0.15, 0.2) is 0 Å². The van der Waals surface area contributed by atoms with Gasteiger partial charge in [-0.3, -0.25) is 10.1 Å². The van der Waals surface area contributed by atoms with Crippen molar-refractivity contribution < 1.29 is 10.0 Å². The van der Waals surface area contributed by atoms with Crippen LogP contribution in [0.3, 0.4) is 0 Å². The van der Waals surface area contributed by atoms with E-state index >= 15 is 0 Å². The molecule has 0 saturated carbocycles. The van der Waals surface area contributed by atoms with E-state index in [9.17, 15) is 15.2 Å². The van der Waals surface area contributed by atoms with Crippen molar-refractivity contribution in [1.82, 2.24) is 4.98 Å². The summed E-state index contributed by atoms with van der Waals surface area (Å²) in [5, 5.41) is 23.0. The van der Waals surface area contributed by atoms with E-state index in [1.165, 1.54) is 12.3 Å². The highest BCUT2D eigenvalue weighted by Gasteiger charge is 2.25. The maximum atomic E-state index is 10.5. The first kappa shape index (κ1) is 14.4. The Hall–Kier alpha value is -1.69. The molecule has 0 aliphatic rings. The van der Waals surface area contributed by atoms with Crippen LogP contribution in [0.2, 0.25) is 0 Å². The van der Waals surface area contributed by atoms with Gasteiger partial charge in [0.1, 0.15) is 12.0 Å². The molecule has 18 heavy (non-hydrogen) atoms. The monoisotopic (exact) mass is 253 g/mol. The highest BCUT2D eigenvalue weighted by atomic mass is 16.6. The number of hydrogen-bond acceptors (Lipinski definition) is 5. The number of aliphatic hydroxyl groups is 1. The van der Waals surface area contributed by atoms with Crippen LogP contribution in [0.25, 0.3) is 0 Å². The number of hydrogen-bond donors (Lipinski definition) is 2. The molecule has 0 amide bonds. The molecule has 1 heterocycles. The van der Waals surface area contributed by atoms with Crippen molar-refractivity contribution >= 4 is 11.5 Å². The van der Waals surface area contributed by atoms with Gasteiger partial charge < -0.3 is 10.4 Å². The first-order chi connectivity index (χ1) is 8.56. The van der Waals surface area contributed by atoms with Crippen LogP contribution in [0.1, 0.15) is 26.7 Å². The van der Waals surface area contributed by atoms with Crippen molar-refractivity contribution in [2.45, 2.75) is 26.7 Å². The Balaban J connectivity index is 2.65. The maximum absolute atomic E-state index is 10.5. The highest BCUT2D eigenvalue weighted by Crippen LogP contribution is 2.26. The van der Waals surface area contributed by atoms with Gasteiger partial charge in [-0.05, 0) is 18.9 Å². The summed E-state index contributed by atoms with van der Waals surface area (Å²) in [6.45, 7) is 4.77. The molecule has 0 fully saturated rings. The number of nitrogens with one attached hydrogen (secondary N) is 1. The number of aliphatic hydroxyl groups excluding tert-OH is 1. The number of aromatic nitrogens is 1. The molecule has 1 rings (SSSR count). The van der Waals surface area contributed by atoms with Crippen LogP contribution in [0, 0.1) is 15.5 Å². The lowest BCUT2D eigenvalue weighted by Crippen LogP contribution is -2.32. The Bertz CT molecular complexity index is 380. The molecular formula is C12H19N3O3. The van der Waals surface area contributed by atoms with Crippen LogP contribution in [0.4, 0.5) is 11.5 Å². The van der Waals surface area contributed by atoms with E-state index < -0.39 is 4.92 Å². The van der Waals surface area contributed by atoms with Gasteiger partial charge in [0, 0.05) is 18.0 Å². The Labute approximate surface area is 106 Å². The topological polar surface area (TPSA) is 88.3 Å². The number of pyridine rings is 1. The summed E-state index contributed by atoms with van der Waals surface area (Å²) < 4.78 is 0. The molecule has 0 spiro atoms. The van der Waals surface area contributed by atoms with Crippen molar-refractivity contribution in [3.63, 3.8) is 0 Å². The molecule has 1 aromatic rings. The minimum absolute atomic E-state index is 0.0278. The van der Waals surface area contributed by atoms with Crippen molar-refractivity contribution in [2.24, 2.45) is 5.41 Å². The van der Waals surface area contributed by atoms with Crippen LogP contribution < -0.4 is 5.32 Å². The molecule has 2 N–H and O–H groups in total. The van der Waals surface area contributed by atoms with E-state index in [-0.39, 0.29) is 17.7 Å². The van der Waals surface area contributed by atoms with Gasteiger partial charge in [0.05, 0.1) is 11.5 Å². The Morgan fingerprint density at radius 2 is 2.11 bits per heavy atom. The molecule has 1 aromatic heterocycles. The molecule has 0 bridgehead atoms. The highest BCUT2D eigenvalue weighted by molar-refractivity contribution is 5.40. The van der Waals surface area contributed by atoms with E-state index in [2.05, 4.69) is 10.3 Å². The molecule has 0 atom stereocenters. The lowest BCUT2D eigenvalue weighted by atomic mass is 9.83. The van der Waals surface area contributed by atoms with E-state index in [4.69, 9.17) is 0 Å². The summed E-state index contributed by atoms with van der Waals surface area (Å²) in [5.41, 5.74) is -0.191. The fourth-order valence-electron chi connectivity index (χ4n) is 1.66. The van der Waals surface area contributed by atoms with Gasteiger partial charge in [-0.2, -0.15) is 0 Å². The van der Waals surface area contributed by atoms with Gasteiger partial charge in [-0.25, -0.2) is 4.98 Å². The zero-order chi connectivity index (χ0) is 13.6. The van der Waals surface area contributed by atoms with Gasteiger partial charge in [-0.1, -0.05) is 13.8 Å². The predicted molar refractivity (Wildman–Crippen MR) is 69.5 cm³/mol. The normalized spacial score (nSPS) is 11.3. The Morgan fingerprint density at radius 3 is 2.50 bits per heavy atom. The first-order valence-electron chi connectivity index (χ1n) is 6.02. The lowest BCUT2D eigenvalue weighted by Gasteiger charge is -2.29. The van der Waals surface area contributed by atoms with Crippen molar-refractivity contribution in [3.05, 3.63) is 28.4 Å². The van der Waals surface area contributed by atoms with E-state index in [1.807, 2.05) is 13.8 Å². The second-order valence-electron chi connectivity index (χ2n) is 4.38. The molecular weight excluding hydrogens is 234 g/mol. The van der Waals surface area contributed by atoms with Crippen LogP contribution in [0.15, 0.2) is 18.3 Å². The fourth-order valence-corrected chi connectivity index (χ4v) is 1.66. The number of nitro groups is 1. The molecule has 6 heteroatoms. The maximum Gasteiger partial charge on any atom is 0.287 e. The second-order valence-corrected chi connectivity index (χ2v) is 4.38. The first-order valence-corrected chi connectivity index (χ1v) is 6.02. The molecule has 0 unspecified atom stereocenters. The molecule has 0 saturated heterocycles. The molecule has 0 radical (unpaired) electrons. The summed E-state index contributed by atoms with van der Waals surface area (Å²) in [6, 6.07) is 2.99. The standard InChI is InChI=1S/C12H19N3O3/c1-3-12(4-2,9-16)8-14-11-6-5-10(7-13-11)15(17)18/h5-7,16H,3-4,8-9H2,1-2H3,(H,13,14). The van der Waals surface area contributed by atoms with E-state index in [1.54, 1.807) is 6.07 Å². The van der Waals surface area contributed by atoms with Crippen molar-refractivity contribution in [3.8, 4) is 0 Å². The minimum atomic E-state index is -0.479. The third-order valence-electron chi connectivity index (χ3n) is 3.44. The molecule has 100 valence electrons. The summed E-state index contributed by atoms with van der Waals surface area (Å²) in [4.78, 5) is 14.0. The van der Waals surface area contributed by atoms with Gasteiger partial charge in [-0.15, -0.1) is 0 Å². The summed E-state index contributed by atoms with van der Waals surface area (Å²) >= 11 is 0. The smallest absolute Gasteiger partial charge is 0.287 e. The van der Waals surface area contributed by atoms with Gasteiger partial charge in [0.25, 0.3) is 5.69 Å². The quantitative estimate of drug-likeness (QED) is 0.574. The summed E-state index contributed by atoms with van der Waals surface area (Å²) in [7, 11) is 0. The largest absolute Gasteiger partial charge is 0.396 e. The van der Waals surface area contributed by atoms with Gasteiger partial charge in [0.2, 0.25) is 0 Å². The third kappa shape index (κ3) is 3.40. The van der Waals surface area contributed by atoms with E-state index in [0.717, 1.165) is 12.8 Å². The SMILES string of the molecule is CCC(CC)(CO)CNc1ccc([N+](=O)[O-])cn1. The number of rotatable bonds is 7. The van der Waals surface area contributed by atoms with E-state index in [0.29, 0.717) is 12.4 Å². The van der Waals surface area contributed by atoms with Crippen LogP contribution in [-0.2, 0) is 0 Å². The van der Waals surface area contributed by atoms with Crippen LogP contribution in [0.5, 0.6) is 0 Å². The van der Waals surface area contributed by atoms with Crippen molar-refractivity contribution in [1.29, 1.82) is 0 Å². The average Bonchev–Trinajstić information content (AvgIpc) is 2.41. The minimum Gasteiger partial charge on any atom is -0.396 e. The van der Waals surface area contributed by atoms with Crippen LogP contribution >= 0.6 is 0 Å². The van der Waals surface area contributed by atoms with Crippen molar-refractivity contribution in [2.75, 3.05) is 18.5 Å². The third-order valence-corrected chi connectivity index (χ3v) is 3.44. The zero-order valence-corrected chi connectivity index (χ0v) is 10.7. The average molecular weight is 253 g/mol. The summed E-state index contributed by atoms with van der Waals surface area (Å²) in [5.74, 6) is 0.584. The lowest BCUT2D eigenvalue weighted by molar-refractivity contribution is -0.385. The molecule has 0 aliphatic heterocycles. The Kier molecular flexibility index (Phi) is 5.03. The number of nitrogens with zero attached hydrogens (tertiary/aromatic N) is 2. The second kappa shape index (κ2) is 6.30. The zero-order valence-electron chi connectivity index (χ0n) is 10.7. The van der Waals surface area contributed by atoms with Crippen LogP contribution in [-0.4, -0.2) is 28.2 Å². The summed E-state index contributed by atoms with van der Waals surface area (Å²) in [6.07, 6.45) is 2.95.